The molecule has 79 valence electrons. The third-order valence-electron chi connectivity index (χ3n) is 0. The maximum atomic E-state index is 8.33. The zero-order chi connectivity index (χ0) is 3.58. The fourth-order valence-electron chi connectivity index (χ4n) is 0. The van der Waals surface area contributed by atoms with Gasteiger partial charge in [0.2, 0.25) is 0 Å². The number of carboxylic acid groups (broad SMARTS) is 2. The summed E-state index contributed by atoms with van der Waals surface area (Å²) in [4.78, 5) is 8.33. The van der Waals surface area contributed by atoms with Gasteiger partial charge in [-0.25, -0.2) is 0 Å². The molecule has 0 bridgehead atoms. The van der Waals surface area contributed by atoms with Crippen molar-refractivity contribution < 1.29 is 31.8 Å². The molecule has 1 radical (unpaired) electrons. The maximum absolute atomic E-state index is 8.33. The van der Waals surface area contributed by atoms with Crippen molar-refractivity contribution >= 4 is 6.16 Å². The van der Waals surface area contributed by atoms with Crippen molar-refractivity contribution in [2.45, 2.75) is 0 Å². The monoisotopic (exact) mass is 221 g/mol. The minimum Gasteiger partial charge on any atom is -0.652 e. The Labute approximate surface area is 75.6 Å². The number of carbonyl (C=O) groups is 1. The third-order valence-corrected chi connectivity index (χ3v) is 0. The summed E-state index contributed by atoms with van der Waals surface area (Å²) >= 11 is 0. The summed E-state index contributed by atoms with van der Waals surface area (Å²) in [6.07, 6.45) is -2.33. The molecule has 0 atom stereocenters. The molecule has 0 fully saturated rings. The average molecular weight is 221 g/mol. The number of carbonyl (C=O) groups excluding carboxylic acids is 1. The molecule has 0 aromatic rings. The van der Waals surface area contributed by atoms with Gasteiger partial charge in [0.15, 0.2) is 0 Å². The first-order chi connectivity index (χ1) is 1.73. The SMILES string of the molecule is N.N.N.N.N.N.O=C([O-])[O-].[Co+2]. The van der Waals surface area contributed by atoms with Crippen LogP contribution in [-0.4, -0.2) is 6.16 Å². The van der Waals surface area contributed by atoms with Gasteiger partial charge >= 0.3 is 16.8 Å². The van der Waals surface area contributed by atoms with Crippen molar-refractivity contribution in [3.63, 3.8) is 0 Å². The normalized spacial score (nSPS) is 2.18. The fraction of sp³-hybridized carbons (Fsp3) is 0. The van der Waals surface area contributed by atoms with E-state index in [1.807, 2.05) is 0 Å². The molecular formula is CH18CoN6O3. The van der Waals surface area contributed by atoms with Crippen LogP contribution in [0, 0.1) is 0 Å². The Hall–Kier alpha value is -0.464. The Morgan fingerprint density at radius 2 is 0.727 bits per heavy atom. The predicted molar refractivity (Wildman–Crippen MR) is 35.5 cm³/mol. The third kappa shape index (κ3) is 2520. The van der Waals surface area contributed by atoms with E-state index < -0.39 is 6.16 Å². The molecule has 11 heavy (non-hydrogen) atoms. The van der Waals surface area contributed by atoms with Crippen molar-refractivity contribution in [2.24, 2.45) is 0 Å². The van der Waals surface area contributed by atoms with E-state index in [4.69, 9.17) is 15.0 Å². The van der Waals surface area contributed by atoms with Gasteiger partial charge in [0.25, 0.3) is 0 Å². The summed E-state index contributed by atoms with van der Waals surface area (Å²) in [6, 6.07) is 0. The number of hydrogen-bond acceptors (Lipinski definition) is 9. The van der Waals surface area contributed by atoms with E-state index >= 15 is 0 Å². The minimum atomic E-state index is -2.33. The van der Waals surface area contributed by atoms with E-state index in [-0.39, 0.29) is 53.7 Å². The second-order valence-corrected chi connectivity index (χ2v) is 0.250. The van der Waals surface area contributed by atoms with Gasteiger partial charge in [-0.2, -0.15) is 0 Å². The summed E-state index contributed by atoms with van der Waals surface area (Å²) in [5.74, 6) is 0. The molecule has 18 N–H and O–H groups in total. The molecule has 0 aromatic heterocycles. The second kappa shape index (κ2) is 108. The van der Waals surface area contributed by atoms with Crippen LogP contribution in [0.2, 0.25) is 0 Å². The van der Waals surface area contributed by atoms with Crippen LogP contribution in [0.4, 0.5) is 4.79 Å². The summed E-state index contributed by atoms with van der Waals surface area (Å²) in [6.45, 7) is 0. The molecule has 0 rings (SSSR count). The molecule has 0 saturated carbocycles. The van der Waals surface area contributed by atoms with E-state index in [1.54, 1.807) is 0 Å². The zero-order valence-electron chi connectivity index (χ0n) is 6.30. The van der Waals surface area contributed by atoms with Crippen molar-refractivity contribution in [1.82, 2.24) is 36.9 Å². The molecule has 0 saturated heterocycles. The van der Waals surface area contributed by atoms with Gasteiger partial charge in [-0.3, -0.25) is 0 Å². The first kappa shape index (κ1) is 149. The van der Waals surface area contributed by atoms with Crippen LogP contribution in [0.3, 0.4) is 0 Å². The molecule has 10 heteroatoms. The summed E-state index contributed by atoms with van der Waals surface area (Å²) in [7, 11) is 0. The van der Waals surface area contributed by atoms with Gasteiger partial charge in [0.05, 0.1) is 0 Å². The van der Waals surface area contributed by atoms with Gasteiger partial charge in [0.1, 0.15) is 0 Å². The second-order valence-electron chi connectivity index (χ2n) is 0.250. The van der Waals surface area contributed by atoms with Crippen LogP contribution in [0.25, 0.3) is 0 Å². The number of rotatable bonds is 0. The molecule has 0 aliphatic heterocycles. The van der Waals surface area contributed by atoms with Crippen molar-refractivity contribution in [3.8, 4) is 0 Å². The van der Waals surface area contributed by atoms with Gasteiger partial charge in [0, 0.05) is 0 Å². The van der Waals surface area contributed by atoms with Gasteiger partial charge in [-0.05, 0) is 6.16 Å². The minimum absolute atomic E-state index is 0. The van der Waals surface area contributed by atoms with Crippen molar-refractivity contribution in [1.29, 1.82) is 0 Å². The molecule has 0 amide bonds. The van der Waals surface area contributed by atoms with Crippen molar-refractivity contribution in [3.05, 3.63) is 0 Å². The Morgan fingerprint density at radius 1 is 0.727 bits per heavy atom. The van der Waals surface area contributed by atoms with Crippen LogP contribution in [-0.2, 0) is 16.8 Å². The summed E-state index contributed by atoms with van der Waals surface area (Å²) < 4.78 is 0. The Kier molecular flexibility index (Phi) is 1460. The molecule has 0 spiro atoms. The van der Waals surface area contributed by atoms with E-state index in [2.05, 4.69) is 0 Å². The van der Waals surface area contributed by atoms with Gasteiger partial charge in [-0.15, -0.1) is 0 Å². The predicted octanol–water partition coefficient (Wildman–Crippen LogP) is -1.48. The van der Waals surface area contributed by atoms with E-state index in [0.29, 0.717) is 0 Å². The summed E-state index contributed by atoms with van der Waals surface area (Å²) in [5, 5.41) is 16.7. The van der Waals surface area contributed by atoms with E-state index in [1.165, 1.54) is 0 Å². The molecule has 0 heterocycles. The molecule has 0 aliphatic carbocycles. The van der Waals surface area contributed by atoms with Gasteiger partial charge in [-0.1, -0.05) is 0 Å². The molecular weight excluding hydrogens is 203 g/mol. The fourth-order valence-corrected chi connectivity index (χ4v) is 0. The largest absolute Gasteiger partial charge is 2.00 e. The van der Waals surface area contributed by atoms with Gasteiger partial charge < -0.3 is 51.9 Å². The quantitative estimate of drug-likeness (QED) is 0.277. The van der Waals surface area contributed by atoms with Crippen LogP contribution in [0.1, 0.15) is 0 Å². The number of hydrogen-bond donors (Lipinski definition) is 6. The molecule has 0 aliphatic rings. The smallest absolute Gasteiger partial charge is 0.652 e. The van der Waals surface area contributed by atoms with Crippen molar-refractivity contribution in [2.75, 3.05) is 0 Å². The zero-order valence-corrected chi connectivity index (χ0v) is 7.34. The van der Waals surface area contributed by atoms with Crippen LogP contribution in [0.15, 0.2) is 0 Å². The van der Waals surface area contributed by atoms with E-state index in [0.717, 1.165) is 0 Å². The summed E-state index contributed by atoms with van der Waals surface area (Å²) in [5.41, 5.74) is 0. The molecule has 9 nitrogen and oxygen atoms in total. The molecule has 0 aromatic carbocycles. The molecule has 0 unspecified atom stereocenters. The topological polar surface area (TPSA) is 273 Å². The average Bonchev–Trinajstić information content (AvgIpc) is 0.811. The maximum Gasteiger partial charge on any atom is 2.00 e. The Morgan fingerprint density at radius 3 is 0.727 bits per heavy atom. The Balaban J connectivity index is -0.00000000214. The van der Waals surface area contributed by atoms with Crippen LogP contribution >= 0.6 is 0 Å². The van der Waals surface area contributed by atoms with E-state index in [9.17, 15) is 0 Å². The van der Waals surface area contributed by atoms with Crippen LogP contribution < -0.4 is 47.1 Å². The first-order valence-corrected chi connectivity index (χ1v) is 0.612. The standard InChI is InChI=1S/CH2O3.Co.6H3N/c2-1(3)4;;;;;;;/h(H2,2,3,4);;6*1H3/q;+2;;;;;;/p-2. The first-order valence-electron chi connectivity index (χ1n) is 0.612. The van der Waals surface area contributed by atoms with Crippen LogP contribution in [0.5, 0.6) is 0 Å². The Bertz CT molecular complexity index is 40.8.